The van der Waals surface area contributed by atoms with Gasteiger partial charge in [-0.3, -0.25) is 4.98 Å². The highest BCUT2D eigenvalue weighted by molar-refractivity contribution is 5.85. The lowest BCUT2D eigenvalue weighted by atomic mass is 9.83. The van der Waals surface area contributed by atoms with Gasteiger partial charge in [0.05, 0.1) is 11.6 Å². The van der Waals surface area contributed by atoms with Gasteiger partial charge in [-0.1, -0.05) is 32.0 Å². The molecule has 0 saturated heterocycles. The van der Waals surface area contributed by atoms with Crippen LogP contribution in [0, 0.1) is 0 Å². The van der Waals surface area contributed by atoms with Gasteiger partial charge in [-0.15, -0.1) is 0 Å². The zero-order valence-corrected chi connectivity index (χ0v) is 12.6. The average molecular weight is 272 g/mol. The maximum Gasteiger partial charge on any atom is 0.0869 e. The first-order chi connectivity index (χ1) is 9.68. The minimum absolute atomic E-state index is 0.136. The first kappa shape index (κ1) is 14.9. The summed E-state index contributed by atoms with van der Waals surface area (Å²) in [6.45, 7) is 7.00. The SMILES string of the molecule is CCOC(CC)(CC)C(N)c1cccc2cnccc12. The van der Waals surface area contributed by atoms with Crippen molar-refractivity contribution in [2.24, 2.45) is 5.73 Å². The molecule has 0 aliphatic carbocycles. The minimum Gasteiger partial charge on any atom is -0.373 e. The number of hydrogen-bond donors (Lipinski definition) is 1. The Kier molecular flexibility index (Phi) is 4.73. The number of rotatable bonds is 6. The third kappa shape index (κ3) is 2.56. The normalized spacial score (nSPS) is 13.6. The van der Waals surface area contributed by atoms with Gasteiger partial charge in [0.1, 0.15) is 0 Å². The monoisotopic (exact) mass is 272 g/mol. The molecule has 2 rings (SSSR count). The molecule has 1 heterocycles. The van der Waals surface area contributed by atoms with Crippen LogP contribution in [0.3, 0.4) is 0 Å². The van der Waals surface area contributed by atoms with E-state index in [0.29, 0.717) is 6.61 Å². The van der Waals surface area contributed by atoms with Crippen LogP contribution in [0.2, 0.25) is 0 Å². The summed E-state index contributed by atoms with van der Waals surface area (Å²) in [5.74, 6) is 0. The molecule has 2 N–H and O–H groups in total. The molecule has 20 heavy (non-hydrogen) atoms. The molecule has 3 heteroatoms. The third-order valence-corrected chi connectivity index (χ3v) is 4.25. The van der Waals surface area contributed by atoms with E-state index >= 15 is 0 Å². The van der Waals surface area contributed by atoms with Gasteiger partial charge in [-0.05, 0) is 36.8 Å². The Balaban J connectivity index is 2.51. The Hall–Kier alpha value is -1.45. The predicted octanol–water partition coefficient (Wildman–Crippen LogP) is 3.83. The number of pyridine rings is 1. The molecule has 108 valence electrons. The molecule has 0 aliphatic rings. The summed E-state index contributed by atoms with van der Waals surface area (Å²) in [5, 5.41) is 2.29. The molecule has 0 radical (unpaired) electrons. The van der Waals surface area contributed by atoms with Crippen LogP contribution in [0.4, 0.5) is 0 Å². The molecule has 3 nitrogen and oxygen atoms in total. The maximum absolute atomic E-state index is 6.60. The van der Waals surface area contributed by atoms with Gasteiger partial charge in [0.15, 0.2) is 0 Å². The van der Waals surface area contributed by atoms with Crippen molar-refractivity contribution in [2.45, 2.75) is 45.3 Å². The number of fused-ring (bicyclic) bond motifs is 1. The van der Waals surface area contributed by atoms with E-state index in [4.69, 9.17) is 10.5 Å². The van der Waals surface area contributed by atoms with Gasteiger partial charge in [0.25, 0.3) is 0 Å². The van der Waals surface area contributed by atoms with Gasteiger partial charge in [0, 0.05) is 24.4 Å². The predicted molar refractivity (Wildman–Crippen MR) is 83.6 cm³/mol. The fourth-order valence-corrected chi connectivity index (χ4v) is 2.97. The molecule has 2 aromatic rings. The number of nitrogens with two attached hydrogens (primary N) is 1. The van der Waals surface area contributed by atoms with E-state index < -0.39 is 0 Å². The summed E-state index contributed by atoms with van der Waals surface area (Å²) in [7, 11) is 0. The molecule has 1 atom stereocenters. The summed E-state index contributed by atoms with van der Waals surface area (Å²) in [4.78, 5) is 4.18. The Morgan fingerprint density at radius 3 is 2.60 bits per heavy atom. The van der Waals surface area contributed by atoms with Crippen molar-refractivity contribution < 1.29 is 4.74 Å². The first-order valence-corrected chi connectivity index (χ1v) is 7.40. The first-order valence-electron chi connectivity index (χ1n) is 7.40. The van der Waals surface area contributed by atoms with Crippen LogP contribution in [-0.4, -0.2) is 17.2 Å². The number of nitrogens with zero attached hydrogens (tertiary/aromatic N) is 1. The van der Waals surface area contributed by atoms with E-state index in [1.807, 2.05) is 31.5 Å². The summed E-state index contributed by atoms with van der Waals surface area (Å²) in [6.07, 6.45) is 5.50. The minimum atomic E-state index is -0.299. The van der Waals surface area contributed by atoms with Crippen molar-refractivity contribution >= 4 is 10.8 Å². The highest BCUT2D eigenvalue weighted by Crippen LogP contribution is 2.36. The molecule has 0 aliphatic heterocycles. The summed E-state index contributed by atoms with van der Waals surface area (Å²) >= 11 is 0. The van der Waals surface area contributed by atoms with Gasteiger partial charge in [-0.25, -0.2) is 0 Å². The lowest BCUT2D eigenvalue weighted by Gasteiger charge is -2.38. The molecule has 1 unspecified atom stereocenters. The molecule has 0 amide bonds. The van der Waals surface area contributed by atoms with Crippen LogP contribution in [0.15, 0.2) is 36.7 Å². The van der Waals surface area contributed by atoms with E-state index in [9.17, 15) is 0 Å². The fraction of sp³-hybridized carbons (Fsp3) is 0.471. The smallest absolute Gasteiger partial charge is 0.0869 e. The molecule has 0 bridgehead atoms. The van der Waals surface area contributed by atoms with E-state index in [0.717, 1.165) is 23.8 Å². The van der Waals surface area contributed by atoms with Crippen molar-refractivity contribution in [1.29, 1.82) is 0 Å². The van der Waals surface area contributed by atoms with Crippen molar-refractivity contribution in [2.75, 3.05) is 6.61 Å². The number of ether oxygens (including phenoxy) is 1. The number of aromatic nitrogens is 1. The fourth-order valence-electron chi connectivity index (χ4n) is 2.97. The topological polar surface area (TPSA) is 48.1 Å². The second-order valence-electron chi connectivity index (χ2n) is 5.13. The lowest BCUT2D eigenvalue weighted by molar-refractivity contribution is -0.0642. The van der Waals surface area contributed by atoms with Crippen LogP contribution in [0.1, 0.15) is 45.2 Å². The zero-order valence-electron chi connectivity index (χ0n) is 12.6. The van der Waals surface area contributed by atoms with Crippen LogP contribution < -0.4 is 5.73 Å². The standard InChI is InChI=1S/C17H24N2O/c1-4-17(5-2,20-6-3)16(18)15-9-7-8-13-12-19-11-10-14(13)15/h7-12,16H,4-6,18H2,1-3H3. The summed E-state index contributed by atoms with van der Waals surface area (Å²) < 4.78 is 6.05. The van der Waals surface area contributed by atoms with Crippen molar-refractivity contribution in [3.63, 3.8) is 0 Å². The molecule has 0 fully saturated rings. The van der Waals surface area contributed by atoms with Gasteiger partial charge in [0.2, 0.25) is 0 Å². The van der Waals surface area contributed by atoms with E-state index in [1.54, 1.807) is 0 Å². The number of hydrogen-bond acceptors (Lipinski definition) is 3. The molecule has 1 aromatic carbocycles. The van der Waals surface area contributed by atoms with Crippen LogP contribution in [0.5, 0.6) is 0 Å². The Labute approximate surface area is 121 Å². The molecule has 1 aromatic heterocycles. The highest BCUT2D eigenvalue weighted by atomic mass is 16.5. The summed E-state index contributed by atoms with van der Waals surface area (Å²) in [6, 6.07) is 8.11. The second kappa shape index (κ2) is 6.33. The van der Waals surface area contributed by atoms with Crippen molar-refractivity contribution in [3.8, 4) is 0 Å². The molecule has 0 saturated carbocycles. The lowest BCUT2D eigenvalue weighted by Crippen LogP contribution is -2.43. The highest BCUT2D eigenvalue weighted by Gasteiger charge is 2.35. The Morgan fingerprint density at radius 1 is 1.20 bits per heavy atom. The number of benzene rings is 1. The largest absolute Gasteiger partial charge is 0.373 e. The van der Waals surface area contributed by atoms with E-state index in [1.165, 1.54) is 5.39 Å². The third-order valence-electron chi connectivity index (χ3n) is 4.25. The van der Waals surface area contributed by atoms with Crippen LogP contribution in [-0.2, 0) is 4.74 Å². The summed E-state index contributed by atoms with van der Waals surface area (Å²) in [5.41, 5.74) is 7.44. The molecular weight excluding hydrogens is 248 g/mol. The Bertz CT molecular complexity index is 558. The molecule has 0 spiro atoms. The quantitative estimate of drug-likeness (QED) is 0.869. The molecular formula is C17H24N2O. The average Bonchev–Trinajstić information content (AvgIpc) is 2.51. The van der Waals surface area contributed by atoms with Gasteiger partial charge >= 0.3 is 0 Å². The van der Waals surface area contributed by atoms with E-state index in [-0.39, 0.29) is 11.6 Å². The van der Waals surface area contributed by atoms with Gasteiger partial charge < -0.3 is 10.5 Å². The van der Waals surface area contributed by atoms with Crippen LogP contribution >= 0.6 is 0 Å². The van der Waals surface area contributed by atoms with Crippen LogP contribution in [0.25, 0.3) is 10.8 Å². The zero-order chi connectivity index (χ0) is 14.6. The van der Waals surface area contributed by atoms with Crippen molar-refractivity contribution in [3.05, 3.63) is 42.2 Å². The maximum atomic E-state index is 6.60. The van der Waals surface area contributed by atoms with Crippen molar-refractivity contribution in [1.82, 2.24) is 4.98 Å². The van der Waals surface area contributed by atoms with Gasteiger partial charge in [-0.2, -0.15) is 0 Å². The van der Waals surface area contributed by atoms with E-state index in [2.05, 4.69) is 31.0 Å². The second-order valence-corrected chi connectivity index (χ2v) is 5.13. The Morgan fingerprint density at radius 2 is 1.95 bits per heavy atom.